The van der Waals surface area contributed by atoms with Gasteiger partial charge in [0.25, 0.3) is 5.91 Å². The quantitative estimate of drug-likeness (QED) is 0.565. The fourth-order valence-corrected chi connectivity index (χ4v) is 5.80. The van der Waals surface area contributed by atoms with Gasteiger partial charge in [-0.25, -0.2) is 8.42 Å². The van der Waals surface area contributed by atoms with Crippen LogP contribution in [0.5, 0.6) is 0 Å². The van der Waals surface area contributed by atoms with Crippen LogP contribution in [0.2, 0.25) is 5.02 Å². The number of alkyl halides is 3. The first-order valence-electron chi connectivity index (χ1n) is 10.2. The number of sulfonamides is 1. The number of hydrogen-bond donors (Lipinski definition) is 1. The number of carbonyl (C=O) groups excluding carboxylic acids is 1. The number of aryl methyl sites for hydroxylation is 1. The normalized spacial score (nSPS) is 19.3. The number of nitrogens with zero attached hydrogens (tertiary/aromatic N) is 3. The molecule has 0 saturated carbocycles. The lowest BCUT2D eigenvalue weighted by Crippen LogP contribution is -2.40. The summed E-state index contributed by atoms with van der Waals surface area (Å²) in [5.41, 5.74) is -0.669. The lowest BCUT2D eigenvalue weighted by atomic mass is 9.94. The molecule has 180 valence electrons. The SMILES string of the molecule is Cn1cc(S(=O)(=O)N2CC(NC(=O)c3cccc(C(F)(F)F)c3Cl)C(c3ccccc3)C2)cn1. The summed E-state index contributed by atoms with van der Waals surface area (Å²) in [4.78, 5) is 13.0. The van der Waals surface area contributed by atoms with Crippen LogP contribution in [0.25, 0.3) is 0 Å². The van der Waals surface area contributed by atoms with E-state index in [0.717, 1.165) is 17.7 Å². The Hall–Kier alpha value is -2.89. The Bertz CT molecular complexity index is 1310. The molecule has 0 aliphatic carbocycles. The third-order valence-electron chi connectivity index (χ3n) is 5.70. The first kappa shape index (κ1) is 24.2. The van der Waals surface area contributed by atoms with Gasteiger partial charge in [0.1, 0.15) is 4.90 Å². The Morgan fingerprint density at radius 2 is 1.82 bits per heavy atom. The number of nitrogens with one attached hydrogen (secondary N) is 1. The monoisotopic (exact) mass is 512 g/mol. The number of carbonyl (C=O) groups is 1. The topological polar surface area (TPSA) is 84.3 Å². The van der Waals surface area contributed by atoms with E-state index >= 15 is 0 Å². The van der Waals surface area contributed by atoms with Gasteiger partial charge < -0.3 is 5.32 Å². The molecule has 2 unspecified atom stereocenters. The Morgan fingerprint density at radius 1 is 1.12 bits per heavy atom. The summed E-state index contributed by atoms with van der Waals surface area (Å²) in [5, 5.41) is 5.91. The second kappa shape index (κ2) is 9.05. The first-order chi connectivity index (χ1) is 16.0. The molecule has 1 N–H and O–H groups in total. The standard InChI is InChI=1S/C22H20ClF3N4O3S/c1-29-11-15(10-27-29)34(32,33)30-12-17(14-6-3-2-4-7-14)19(13-30)28-21(31)16-8-5-9-18(20(16)23)22(24,25)26/h2-11,17,19H,12-13H2,1H3,(H,28,31). The van der Waals surface area contributed by atoms with Gasteiger partial charge in [-0.1, -0.05) is 48.0 Å². The predicted octanol–water partition coefficient (Wildman–Crippen LogP) is 3.68. The van der Waals surface area contributed by atoms with E-state index in [4.69, 9.17) is 11.6 Å². The molecule has 12 heteroatoms. The molecule has 4 rings (SSSR count). The average molecular weight is 513 g/mol. The Morgan fingerprint density at radius 3 is 2.44 bits per heavy atom. The van der Waals surface area contributed by atoms with Crippen LogP contribution in [0.1, 0.15) is 27.4 Å². The van der Waals surface area contributed by atoms with E-state index in [2.05, 4.69) is 10.4 Å². The molecule has 1 amide bonds. The largest absolute Gasteiger partial charge is 0.417 e. The highest BCUT2D eigenvalue weighted by Crippen LogP contribution is 2.37. The zero-order valence-electron chi connectivity index (χ0n) is 17.8. The van der Waals surface area contributed by atoms with Crippen LogP contribution in [-0.2, 0) is 23.2 Å². The smallest absolute Gasteiger partial charge is 0.347 e. The van der Waals surface area contributed by atoms with Crippen molar-refractivity contribution >= 4 is 27.5 Å². The van der Waals surface area contributed by atoms with Crippen LogP contribution in [0.4, 0.5) is 13.2 Å². The molecule has 3 aromatic rings. The van der Waals surface area contributed by atoms with E-state index in [-0.39, 0.29) is 23.5 Å². The van der Waals surface area contributed by atoms with Crippen molar-refractivity contribution in [3.63, 3.8) is 0 Å². The van der Waals surface area contributed by atoms with E-state index in [1.54, 1.807) is 37.4 Å². The van der Waals surface area contributed by atoms with Crippen molar-refractivity contribution in [1.82, 2.24) is 19.4 Å². The van der Waals surface area contributed by atoms with Crippen LogP contribution in [0, 0.1) is 0 Å². The molecule has 2 aromatic carbocycles. The highest BCUT2D eigenvalue weighted by molar-refractivity contribution is 7.89. The van der Waals surface area contributed by atoms with E-state index in [9.17, 15) is 26.4 Å². The maximum Gasteiger partial charge on any atom is 0.417 e. The van der Waals surface area contributed by atoms with Crippen LogP contribution in [-0.4, -0.2) is 47.5 Å². The molecule has 7 nitrogen and oxygen atoms in total. The molecule has 1 aliphatic rings. The molecule has 1 aromatic heterocycles. The average Bonchev–Trinajstić information content (AvgIpc) is 3.41. The van der Waals surface area contributed by atoms with E-state index in [0.29, 0.717) is 0 Å². The number of rotatable bonds is 5. The van der Waals surface area contributed by atoms with Crippen LogP contribution in [0.3, 0.4) is 0 Å². The zero-order valence-corrected chi connectivity index (χ0v) is 19.4. The molecule has 1 fully saturated rings. The maximum atomic E-state index is 13.2. The van der Waals surface area contributed by atoms with Gasteiger partial charge in [-0.05, 0) is 17.7 Å². The number of benzene rings is 2. The van der Waals surface area contributed by atoms with Crippen molar-refractivity contribution in [2.24, 2.45) is 7.05 Å². The van der Waals surface area contributed by atoms with Gasteiger partial charge >= 0.3 is 6.18 Å². The maximum absolute atomic E-state index is 13.2. The third-order valence-corrected chi connectivity index (χ3v) is 7.89. The van der Waals surface area contributed by atoms with Crippen LogP contribution >= 0.6 is 11.6 Å². The summed E-state index contributed by atoms with van der Waals surface area (Å²) in [5.74, 6) is -1.25. The van der Waals surface area contributed by atoms with Gasteiger partial charge in [0, 0.05) is 32.3 Å². The summed E-state index contributed by atoms with van der Waals surface area (Å²) in [6.07, 6.45) is -2.11. The minimum absolute atomic E-state index is 0.00899. The van der Waals surface area contributed by atoms with E-state index in [1.165, 1.54) is 27.4 Å². The van der Waals surface area contributed by atoms with Gasteiger partial charge in [-0.15, -0.1) is 0 Å². The van der Waals surface area contributed by atoms with Crippen molar-refractivity contribution in [1.29, 1.82) is 0 Å². The predicted molar refractivity (Wildman–Crippen MR) is 119 cm³/mol. The molecule has 2 atom stereocenters. The third kappa shape index (κ3) is 4.68. The molecule has 0 spiro atoms. The Balaban J connectivity index is 1.65. The fourth-order valence-electron chi connectivity index (χ4n) is 4.00. The molecular weight excluding hydrogens is 493 g/mol. The molecule has 0 bridgehead atoms. The lowest BCUT2D eigenvalue weighted by Gasteiger charge is -2.21. The number of aromatic nitrogens is 2. The minimum atomic E-state index is -4.72. The summed E-state index contributed by atoms with van der Waals surface area (Å²) in [6.45, 7) is 0.00161. The van der Waals surface area contributed by atoms with Crippen LogP contribution < -0.4 is 5.32 Å². The van der Waals surface area contributed by atoms with Crippen molar-refractivity contribution < 1.29 is 26.4 Å². The summed E-state index contributed by atoms with van der Waals surface area (Å²) in [7, 11) is -2.31. The van der Waals surface area contributed by atoms with Gasteiger partial charge in [0.15, 0.2) is 0 Å². The van der Waals surface area contributed by atoms with Gasteiger partial charge in [0.2, 0.25) is 10.0 Å². The number of halogens is 4. The number of amides is 1. The van der Waals surface area contributed by atoms with Crippen molar-refractivity contribution in [2.45, 2.75) is 23.0 Å². The summed E-state index contributed by atoms with van der Waals surface area (Å²) >= 11 is 5.91. The highest BCUT2D eigenvalue weighted by atomic mass is 35.5. The molecule has 1 saturated heterocycles. The molecule has 1 aliphatic heterocycles. The zero-order chi connectivity index (χ0) is 24.7. The van der Waals surface area contributed by atoms with E-state index in [1.807, 2.05) is 0 Å². The number of hydrogen-bond acceptors (Lipinski definition) is 4. The molecule has 0 radical (unpaired) electrons. The molecular formula is C22H20ClF3N4O3S. The Kier molecular flexibility index (Phi) is 6.45. The molecule has 2 heterocycles. The van der Waals surface area contributed by atoms with Crippen molar-refractivity contribution in [3.05, 3.63) is 82.6 Å². The second-order valence-corrected chi connectivity index (χ2v) is 10.2. The second-order valence-electron chi connectivity index (χ2n) is 7.93. The van der Waals surface area contributed by atoms with Gasteiger partial charge in [0.05, 0.1) is 28.4 Å². The Labute approximate surface area is 199 Å². The van der Waals surface area contributed by atoms with Gasteiger partial charge in [-0.2, -0.15) is 22.6 Å². The van der Waals surface area contributed by atoms with Gasteiger partial charge in [-0.3, -0.25) is 9.48 Å². The molecule has 34 heavy (non-hydrogen) atoms. The van der Waals surface area contributed by atoms with Crippen molar-refractivity contribution in [2.75, 3.05) is 13.1 Å². The minimum Gasteiger partial charge on any atom is -0.347 e. The first-order valence-corrected chi connectivity index (χ1v) is 12.0. The van der Waals surface area contributed by atoms with E-state index < -0.39 is 44.7 Å². The highest BCUT2D eigenvalue weighted by Gasteiger charge is 2.42. The fraction of sp³-hybridized carbons (Fsp3) is 0.273. The van der Waals surface area contributed by atoms with Crippen molar-refractivity contribution in [3.8, 4) is 0 Å². The summed E-state index contributed by atoms with van der Waals surface area (Å²) < 4.78 is 68.6. The summed E-state index contributed by atoms with van der Waals surface area (Å²) in [6, 6.07) is 11.4. The lowest BCUT2D eigenvalue weighted by molar-refractivity contribution is -0.137. The van der Waals surface area contributed by atoms with Crippen LogP contribution in [0.15, 0.2) is 65.8 Å².